The molecule has 2 aliphatic carbocycles. The summed E-state index contributed by atoms with van der Waals surface area (Å²) < 4.78 is 13.3. The summed E-state index contributed by atoms with van der Waals surface area (Å²) in [6, 6.07) is 8.41. The Morgan fingerprint density at radius 1 is 1.10 bits per heavy atom. The topological polar surface area (TPSA) is 12.0 Å². The van der Waals surface area contributed by atoms with Crippen LogP contribution in [0.2, 0.25) is 0 Å². The molecule has 1 nitrogen and oxygen atoms in total. The molecule has 1 aromatic rings. The summed E-state index contributed by atoms with van der Waals surface area (Å²) in [5, 5.41) is 3.83. The molecular formula is C19H28FN. The predicted octanol–water partition coefficient (Wildman–Crippen LogP) is 5.02. The molecule has 3 rings (SSSR count). The molecule has 0 spiro atoms. The zero-order chi connectivity index (χ0) is 14.7. The maximum Gasteiger partial charge on any atom is 0.123 e. The van der Waals surface area contributed by atoms with Crippen molar-refractivity contribution in [1.82, 2.24) is 5.32 Å². The van der Waals surface area contributed by atoms with Gasteiger partial charge >= 0.3 is 0 Å². The highest BCUT2D eigenvalue weighted by Gasteiger charge is 2.32. The first-order valence-electron chi connectivity index (χ1n) is 8.74. The van der Waals surface area contributed by atoms with Crippen LogP contribution in [0.15, 0.2) is 24.3 Å². The molecule has 0 unspecified atom stereocenters. The van der Waals surface area contributed by atoms with Gasteiger partial charge in [0.2, 0.25) is 0 Å². The first kappa shape index (κ1) is 15.0. The van der Waals surface area contributed by atoms with Crippen molar-refractivity contribution in [3.63, 3.8) is 0 Å². The van der Waals surface area contributed by atoms with Crippen LogP contribution in [-0.4, -0.2) is 12.1 Å². The number of halogens is 1. The molecule has 0 amide bonds. The zero-order valence-corrected chi connectivity index (χ0v) is 13.2. The van der Waals surface area contributed by atoms with Crippen LogP contribution >= 0.6 is 0 Å². The van der Waals surface area contributed by atoms with E-state index in [1.807, 2.05) is 6.07 Å². The second kappa shape index (κ2) is 6.91. The lowest BCUT2D eigenvalue weighted by Crippen LogP contribution is -2.47. The van der Waals surface area contributed by atoms with Gasteiger partial charge in [-0.1, -0.05) is 37.8 Å². The number of benzene rings is 1. The summed E-state index contributed by atoms with van der Waals surface area (Å²) in [4.78, 5) is 0. The Balaban J connectivity index is 1.45. The molecule has 1 atom stereocenters. The monoisotopic (exact) mass is 289 g/mol. The molecule has 1 aromatic carbocycles. The minimum absolute atomic E-state index is 0.101. The van der Waals surface area contributed by atoms with E-state index >= 15 is 0 Å². The Morgan fingerprint density at radius 3 is 2.48 bits per heavy atom. The average Bonchev–Trinajstić information content (AvgIpc) is 2.71. The summed E-state index contributed by atoms with van der Waals surface area (Å²) in [6.07, 6.45) is 10.8. The van der Waals surface area contributed by atoms with E-state index in [2.05, 4.69) is 18.3 Å². The Kier molecular flexibility index (Phi) is 4.95. The van der Waals surface area contributed by atoms with Crippen LogP contribution in [0.5, 0.6) is 0 Å². The SMILES string of the molecule is C[C@H](NC1CC(c2cccc(F)c2)C1)C1CCCCCC1. The Hall–Kier alpha value is -0.890. The molecule has 116 valence electrons. The fourth-order valence-corrected chi connectivity index (χ4v) is 4.11. The van der Waals surface area contributed by atoms with Gasteiger partial charge in [0.15, 0.2) is 0 Å². The standard InChI is InChI=1S/C19H28FN/c1-14(15-7-4-2-3-5-8-15)21-19-12-17(13-19)16-9-6-10-18(20)11-16/h6,9-11,14-15,17,19,21H,2-5,7-8,12-13H2,1H3/t14-,17?,19?/m0/s1. The lowest BCUT2D eigenvalue weighted by molar-refractivity contribution is 0.228. The summed E-state index contributed by atoms with van der Waals surface area (Å²) >= 11 is 0. The van der Waals surface area contributed by atoms with E-state index in [-0.39, 0.29) is 5.82 Å². The van der Waals surface area contributed by atoms with E-state index in [1.54, 1.807) is 6.07 Å². The van der Waals surface area contributed by atoms with E-state index in [4.69, 9.17) is 0 Å². The van der Waals surface area contributed by atoms with Crippen molar-refractivity contribution < 1.29 is 4.39 Å². The summed E-state index contributed by atoms with van der Waals surface area (Å²) in [6.45, 7) is 2.37. The highest BCUT2D eigenvalue weighted by Crippen LogP contribution is 2.38. The summed E-state index contributed by atoms with van der Waals surface area (Å²) in [5.74, 6) is 1.32. The van der Waals surface area contributed by atoms with Gasteiger partial charge in [-0.3, -0.25) is 0 Å². The van der Waals surface area contributed by atoms with E-state index in [1.165, 1.54) is 63.0 Å². The fraction of sp³-hybridized carbons (Fsp3) is 0.684. The molecular weight excluding hydrogens is 261 g/mol. The van der Waals surface area contributed by atoms with Crippen molar-refractivity contribution in [2.75, 3.05) is 0 Å². The Labute approximate surface area is 128 Å². The van der Waals surface area contributed by atoms with Crippen LogP contribution in [0.4, 0.5) is 4.39 Å². The smallest absolute Gasteiger partial charge is 0.123 e. The number of hydrogen-bond donors (Lipinski definition) is 1. The summed E-state index contributed by atoms with van der Waals surface area (Å²) in [5.41, 5.74) is 1.18. The Bertz CT molecular complexity index is 445. The van der Waals surface area contributed by atoms with E-state index < -0.39 is 0 Å². The minimum Gasteiger partial charge on any atom is -0.311 e. The molecule has 0 bridgehead atoms. The second-order valence-corrected chi connectivity index (χ2v) is 7.13. The largest absolute Gasteiger partial charge is 0.311 e. The van der Waals surface area contributed by atoms with E-state index in [0.29, 0.717) is 18.0 Å². The first-order chi connectivity index (χ1) is 10.2. The third kappa shape index (κ3) is 3.85. The van der Waals surface area contributed by atoms with Gasteiger partial charge < -0.3 is 5.32 Å². The predicted molar refractivity (Wildman–Crippen MR) is 86.0 cm³/mol. The van der Waals surface area contributed by atoms with Crippen molar-refractivity contribution in [3.8, 4) is 0 Å². The number of hydrogen-bond acceptors (Lipinski definition) is 1. The molecule has 2 fully saturated rings. The van der Waals surface area contributed by atoms with Gasteiger partial charge in [-0.15, -0.1) is 0 Å². The van der Waals surface area contributed by atoms with Crippen LogP contribution < -0.4 is 5.32 Å². The van der Waals surface area contributed by atoms with E-state index in [0.717, 1.165) is 5.92 Å². The summed E-state index contributed by atoms with van der Waals surface area (Å²) in [7, 11) is 0. The van der Waals surface area contributed by atoms with E-state index in [9.17, 15) is 4.39 Å². The molecule has 0 aromatic heterocycles. The van der Waals surface area contributed by atoms with Crippen LogP contribution in [-0.2, 0) is 0 Å². The first-order valence-corrected chi connectivity index (χ1v) is 8.74. The second-order valence-electron chi connectivity index (χ2n) is 7.13. The number of nitrogens with one attached hydrogen (secondary N) is 1. The molecule has 1 N–H and O–H groups in total. The molecule has 0 radical (unpaired) electrons. The third-order valence-corrected chi connectivity index (χ3v) is 5.56. The maximum atomic E-state index is 13.3. The highest BCUT2D eigenvalue weighted by atomic mass is 19.1. The van der Waals surface area contributed by atoms with Gasteiger partial charge in [-0.25, -0.2) is 4.39 Å². The minimum atomic E-state index is -0.101. The van der Waals surface area contributed by atoms with Crippen LogP contribution in [0.25, 0.3) is 0 Å². The van der Waals surface area contributed by atoms with Gasteiger partial charge in [0.25, 0.3) is 0 Å². The molecule has 2 heteroatoms. The quantitative estimate of drug-likeness (QED) is 0.767. The van der Waals surface area contributed by atoms with Crippen LogP contribution in [0.3, 0.4) is 0 Å². The normalized spacial score (nSPS) is 28.7. The van der Waals surface area contributed by atoms with Gasteiger partial charge in [-0.2, -0.15) is 0 Å². The average molecular weight is 289 g/mol. The van der Waals surface area contributed by atoms with Crippen LogP contribution in [0, 0.1) is 11.7 Å². The van der Waals surface area contributed by atoms with Crippen LogP contribution in [0.1, 0.15) is 69.8 Å². The third-order valence-electron chi connectivity index (χ3n) is 5.56. The van der Waals surface area contributed by atoms with Gasteiger partial charge in [-0.05, 0) is 62.1 Å². The van der Waals surface area contributed by atoms with Crippen molar-refractivity contribution in [3.05, 3.63) is 35.6 Å². The Morgan fingerprint density at radius 2 is 1.81 bits per heavy atom. The zero-order valence-electron chi connectivity index (χ0n) is 13.2. The molecule has 2 aliphatic rings. The van der Waals surface area contributed by atoms with Crippen molar-refractivity contribution in [2.24, 2.45) is 5.92 Å². The fourth-order valence-electron chi connectivity index (χ4n) is 4.11. The van der Waals surface area contributed by atoms with Gasteiger partial charge in [0.1, 0.15) is 5.82 Å². The number of rotatable bonds is 4. The molecule has 0 heterocycles. The lowest BCUT2D eigenvalue weighted by Gasteiger charge is -2.39. The lowest BCUT2D eigenvalue weighted by atomic mass is 9.75. The van der Waals surface area contributed by atoms with Crippen molar-refractivity contribution in [1.29, 1.82) is 0 Å². The van der Waals surface area contributed by atoms with Crippen molar-refractivity contribution >= 4 is 0 Å². The van der Waals surface area contributed by atoms with Gasteiger partial charge in [0, 0.05) is 12.1 Å². The molecule has 2 saturated carbocycles. The van der Waals surface area contributed by atoms with Gasteiger partial charge in [0.05, 0.1) is 0 Å². The molecule has 21 heavy (non-hydrogen) atoms. The molecule has 0 saturated heterocycles. The van der Waals surface area contributed by atoms with Crippen molar-refractivity contribution in [2.45, 2.75) is 76.3 Å². The molecule has 0 aliphatic heterocycles. The highest BCUT2D eigenvalue weighted by molar-refractivity contribution is 5.23. The maximum absolute atomic E-state index is 13.3.